The molecule has 1 amide bonds. The quantitative estimate of drug-likeness (QED) is 0.651. The van der Waals surface area contributed by atoms with Crippen LogP contribution in [0.2, 0.25) is 0 Å². The predicted molar refractivity (Wildman–Crippen MR) is 92.7 cm³/mol. The summed E-state index contributed by atoms with van der Waals surface area (Å²) in [4.78, 5) is 30.9. The number of rotatable bonds is 7. The lowest BCUT2D eigenvalue weighted by Gasteiger charge is -2.06. The third-order valence-electron chi connectivity index (χ3n) is 3.90. The van der Waals surface area contributed by atoms with Crippen molar-refractivity contribution in [2.75, 3.05) is 6.54 Å². The molecule has 6 nitrogen and oxygen atoms in total. The summed E-state index contributed by atoms with van der Waals surface area (Å²) in [5.41, 5.74) is 2.46. The van der Waals surface area contributed by atoms with Crippen molar-refractivity contribution in [2.45, 2.75) is 25.8 Å². The van der Waals surface area contributed by atoms with Crippen LogP contribution in [-0.2, 0) is 17.8 Å². The van der Waals surface area contributed by atoms with Gasteiger partial charge >= 0.3 is 5.69 Å². The average Bonchev–Trinajstić information content (AvgIpc) is 2.93. The lowest BCUT2D eigenvalue weighted by Crippen LogP contribution is -2.27. The van der Waals surface area contributed by atoms with E-state index in [0.29, 0.717) is 13.1 Å². The van der Waals surface area contributed by atoms with Crippen molar-refractivity contribution in [1.29, 1.82) is 0 Å². The van der Waals surface area contributed by atoms with Crippen molar-refractivity contribution in [3.63, 3.8) is 0 Å². The molecular weight excluding hydrogens is 304 g/mol. The minimum atomic E-state index is -0.181. The van der Waals surface area contributed by atoms with E-state index >= 15 is 0 Å². The lowest BCUT2D eigenvalue weighted by molar-refractivity contribution is -0.121. The zero-order chi connectivity index (χ0) is 16.8. The number of hydrogen-bond acceptors (Lipinski definition) is 3. The van der Waals surface area contributed by atoms with E-state index in [1.165, 1.54) is 0 Å². The van der Waals surface area contributed by atoms with Crippen molar-refractivity contribution in [3.8, 4) is 0 Å². The normalized spacial score (nSPS) is 10.8. The second kappa shape index (κ2) is 7.59. The van der Waals surface area contributed by atoms with Crippen LogP contribution in [0.3, 0.4) is 0 Å². The maximum atomic E-state index is 11.9. The summed E-state index contributed by atoms with van der Waals surface area (Å²) in [7, 11) is 0. The van der Waals surface area contributed by atoms with Crippen LogP contribution in [-0.4, -0.2) is 27.0 Å². The number of carbonyl (C=O) groups excluding carboxylic acids is 1. The summed E-state index contributed by atoms with van der Waals surface area (Å²) < 4.78 is 1.60. The van der Waals surface area contributed by atoms with Crippen LogP contribution in [0.25, 0.3) is 11.0 Å². The van der Waals surface area contributed by atoms with Gasteiger partial charge in [-0.3, -0.25) is 14.3 Å². The number of pyridine rings is 1. The summed E-state index contributed by atoms with van der Waals surface area (Å²) in [6.45, 7) is 0.979. The zero-order valence-electron chi connectivity index (χ0n) is 13.4. The van der Waals surface area contributed by atoms with Gasteiger partial charge in [-0.05, 0) is 37.1 Å². The Balaban J connectivity index is 1.45. The molecule has 3 aromatic rings. The molecule has 2 aromatic heterocycles. The molecule has 6 heteroatoms. The highest BCUT2D eigenvalue weighted by Crippen LogP contribution is 2.09. The number of aromatic nitrogens is 3. The molecule has 0 unspecified atom stereocenters. The van der Waals surface area contributed by atoms with Crippen molar-refractivity contribution >= 4 is 16.9 Å². The number of fused-ring (bicyclic) bond motifs is 1. The highest BCUT2D eigenvalue weighted by atomic mass is 16.2. The van der Waals surface area contributed by atoms with Gasteiger partial charge in [-0.25, -0.2) is 4.79 Å². The molecule has 0 bridgehead atoms. The number of para-hydroxylation sites is 2. The fourth-order valence-electron chi connectivity index (χ4n) is 2.67. The SMILES string of the molecule is O=C(CCn1c(=O)[nH]c2ccccc21)NCCCc1ccccn1. The lowest BCUT2D eigenvalue weighted by atomic mass is 10.2. The molecule has 3 rings (SSSR count). The van der Waals surface area contributed by atoms with E-state index in [0.717, 1.165) is 29.6 Å². The number of carbonyl (C=O) groups is 1. The van der Waals surface area contributed by atoms with Crippen molar-refractivity contribution in [1.82, 2.24) is 19.9 Å². The van der Waals surface area contributed by atoms with E-state index in [-0.39, 0.29) is 18.0 Å². The molecule has 0 saturated carbocycles. The van der Waals surface area contributed by atoms with Gasteiger partial charge in [0.15, 0.2) is 0 Å². The molecule has 0 aliphatic rings. The highest BCUT2D eigenvalue weighted by molar-refractivity contribution is 5.77. The second-order valence-corrected chi connectivity index (χ2v) is 5.62. The smallest absolute Gasteiger partial charge is 0.326 e. The Kier molecular flexibility index (Phi) is 5.05. The molecule has 0 spiro atoms. The summed E-state index contributed by atoms with van der Waals surface area (Å²) in [6, 6.07) is 13.3. The first kappa shape index (κ1) is 16.0. The zero-order valence-corrected chi connectivity index (χ0v) is 13.4. The fraction of sp³-hybridized carbons (Fsp3) is 0.278. The van der Waals surface area contributed by atoms with Crippen molar-refractivity contribution in [3.05, 3.63) is 64.8 Å². The minimum absolute atomic E-state index is 0.0480. The Hall–Kier alpha value is -2.89. The van der Waals surface area contributed by atoms with E-state index in [2.05, 4.69) is 15.3 Å². The van der Waals surface area contributed by atoms with Crippen LogP contribution in [0.15, 0.2) is 53.5 Å². The third-order valence-corrected chi connectivity index (χ3v) is 3.90. The van der Waals surface area contributed by atoms with Crippen molar-refractivity contribution < 1.29 is 4.79 Å². The van der Waals surface area contributed by atoms with Gasteiger partial charge in [-0.15, -0.1) is 0 Å². The first-order valence-corrected chi connectivity index (χ1v) is 8.08. The predicted octanol–water partition coefficient (Wildman–Crippen LogP) is 1.86. The van der Waals surface area contributed by atoms with Gasteiger partial charge in [0.05, 0.1) is 11.0 Å². The van der Waals surface area contributed by atoms with E-state index in [1.54, 1.807) is 10.8 Å². The highest BCUT2D eigenvalue weighted by Gasteiger charge is 2.08. The Bertz CT molecular complexity index is 867. The number of aryl methyl sites for hydroxylation is 2. The number of H-pyrrole nitrogens is 1. The number of nitrogens with zero attached hydrogens (tertiary/aromatic N) is 2. The number of amides is 1. The molecular formula is C18H20N4O2. The van der Waals surface area contributed by atoms with Crippen LogP contribution in [0.1, 0.15) is 18.5 Å². The number of imidazole rings is 1. The molecule has 0 aliphatic carbocycles. The fourth-order valence-corrected chi connectivity index (χ4v) is 2.67. The first-order valence-electron chi connectivity index (χ1n) is 8.08. The molecule has 0 saturated heterocycles. The Morgan fingerprint density at radius 3 is 2.83 bits per heavy atom. The van der Waals surface area contributed by atoms with Crippen LogP contribution in [0.5, 0.6) is 0 Å². The topological polar surface area (TPSA) is 79.8 Å². The summed E-state index contributed by atoms with van der Waals surface area (Å²) in [6.07, 6.45) is 3.73. The van der Waals surface area contributed by atoms with Gasteiger partial charge in [-0.1, -0.05) is 18.2 Å². The first-order chi connectivity index (χ1) is 11.7. The molecule has 0 radical (unpaired) electrons. The minimum Gasteiger partial charge on any atom is -0.356 e. The van der Waals surface area contributed by atoms with E-state index in [9.17, 15) is 9.59 Å². The summed E-state index contributed by atoms with van der Waals surface area (Å²) >= 11 is 0. The molecule has 0 aliphatic heterocycles. The van der Waals surface area contributed by atoms with Gasteiger partial charge in [-0.2, -0.15) is 0 Å². The molecule has 2 heterocycles. The maximum absolute atomic E-state index is 11.9. The molecule has 24 heavy (non-hydrogen) atoms. The van der Waals surface area contributed by atoms with Crippen LogP contribution < -0.4 is 11.0 Å². The Morgan fingerprint density at radius 1 is 1.17 bits per heavy atom. The molecule has 0 fully saturated rings. The number of hydrogen-bond donors (Lipinski definition) is 2. The standard InChI is InChI=1S/C18H20N4O2/c23-17(20-12-5-7-14-6-3-4-11-19-14)10-13-22-16-9-2-1-8-15(16)21-18(22)24/h1-4,6,8-9,11H,5,7,10,12-13H2,(H,20,23)(H,21,24). The number of benzene rings is 1. The van der Waals surface area contributed by atoms with Crippen molar-refractivity contribution in [2.24, 2.45) is 0 Å². The Labute approximate surface area is 139 Å². The van der Waals surface area contributed by atoms with E-state index < -0.39 is 0 Å². The largest absolute Gasteiger partial charge is 0.356 e. The molecule has 124 valence electrons. The molecule has 1 aromatic carbocycles. The maximum Gasteiger partial charge on any atom is 0.326 e. The van der Waals surface area contributed by atoms with Gasteiger partial charge < -0.3 is 10.3 Å². The number of aromatic amines is 1. The van der Waals surface area contributed by atoms with Crippen LogP contribution in [0, 0.1) is 0 Å². The monoisotopic (exact) mass is 324 g/mol. The van der Waals surface area contributed by atoms with Gasteiger partial charge in [0.1, 0.15) is 0 Å². The van der Waals surface area contributed by atoms with Gasteiger partial charge in [0.25, 0.3) is 0 Å². The van der Waals surface area contributed by atoms with Gasteiger partial charge in [0.2, 0.25) is 5.91 Å². The third kappa shape index (κ3) is 3.90. The molecule has 0 atom stereocenters. The summed E-state index contributed by atoms with van der Waals surface area (Å²) in [5.74, 6) is -0.0480. The number of nitrogens with one attached hydrogen (secondary N) is 2. The Morgan fingerprint density at radius 2 is 2.00 bits per heavy atom. The average molecular weight is 324 g/mol. The molecule has 2 N–H and O–H groups in total. The second-order valence-electron chi connectivity index (χ2n) is 5.62. The van der Waals surface area contributed by atoms with E-state index in [1.807, 2.05) is 42.5 Å². The van der Waals surface area contributed by atoms with Crippen LogP contribution in [0.4, 0.5) is 0 Å². The van der Waals surface area contributed by atoms with E-state index in [4.69, 9.17) is 0 Å². The van der Waals surface area contributed by atoms with Crippen LogP contribution >= 0.6 is 0 Å². The van der Waals surface area contributed by atoms with Gasteiger partial charge in [0, 0.05) is 31.4 Å². The summed E-state index contributed by atoms with van der Waals surface area (Å²) in [5, 5.41) is 2.89.